The fourth-order valence-electron chi connectivity index (χ4n) is 3.15. The molecule has 0 aliphatic carbocycles. The quantitative estimate of drug-likeness (QED) is 0.564. The SMILES string of the molecule is CCN(Cc1ccccc1)C(=O)c1cccc(S(=O)(=O)N(C)c2ccc(C)cc2)c1. The largest absolute Gasteiger partial charge is 0.335 e. The van der Waals surface area contributed by atoms with Crippen molar-refractivity contribution in [1.29, 1.82) is 0 Å². The Hall–Kier alpha value is -3.12. The van der Waals surface area contributed by atoms with Gasteiger partial charge in [-0.05, 0) is 49.7 Å². The lowest BCUT2D eigenvalue weighted by Gasteiger charge is -2.22. The van der Waals surface area contributed by atoms with Crippen LogP contribution in [0.4, 0.5) is 5.69 Å². The first-order valence-electron chi connectivity index (χ1n) is 9.82. The van der Waals surface area contributed by atoms with Crippen LogP contribution in [0.1, 0.15) is 28.4 Å². The van der Waals surface area contributed by atoms with Crippen LogP contribution in [0.2, 0.25) is 0 Å². The number of nitrogens with zero attached hydrogens (tertiary/aromatic N) is 2. The molecule has 0 radical (unpaired) electrons. The highest BCUT2D eigenvalue weighted by Gasteiger charge is 2.23. The molecule has 0 atom stereocenters. The fraction of sp³-hybridized carbons (Fsp3) is 0.208. The van der Waals surface area contributed by atoms with E-state index in [0.29, 0.717) is 24.3 Å². The number of benzene rings is 3. The number of hydrogen-bond donors (Lipinski definition) is 0. The van der Waals surface area contributed by atoms with Crippen LogP contribution in [0.3, 0.4) is 0 Å². The molecule has 3 aromatic rings. The van der Waals surface area contributed by atoms with E-state index in [1.165, 1.54) is 23.5 Å². The number of anilines is 1. The number of sulfonamides is 1. The highest BCUT2D eigenvalue weighted by molar-refractivity contribution is 7.92. The maximum absolute atomic E-state index is 13.1. The highest BCUT2D eigenvalue weighted by atomic mass is 32.2. The van der Waals surface area contributed by atoms with Crippen molar-refractivity contribution in [3.63, 3.8) is 0 Å². The predicted octanol–water partition coefficient (Wildman–Crippen LogP) is 4.48. The monoisotopic (exact) mass is 422 g/mol. The van der Waals surface area contributed by atoms with Gasteiger partial charge in [0.05, 0.1) is 10.6 Å². The number of rotatable bonds is 7. The van der Waals surface area contributed by atoms with E-state index in [9.17, 15) is 13.2 Å². The summed E-state index contributed by atoms with van der Waals surface area (Å²) in [4.78, 5) is 14.8. The van der Waals surface area contributed by atoms with Gasteiger partial charge in [-0.2, -0.15) is 0 Å². The van der Waals surface area contributed by atoms with Gasteiger partial charge in [-0.3, -0.25) is 9.10 Å². The van der Waals surface area contributed by atoms with Crippen LogP contribution in [0.5, 0.6) is 0 Å². The average molecular weight is 423 g/mol. The Morgan fingerprint density at radius 1 is 0.900 bits per heavy atom. The van der Waals surface area contributed by atoms with Crippen molar-refractivity contribution >= 4 is 21.6 Å². The molecule has 3 aromatic carbocycles. The third-order valence-corrected chi connectivity index (χ3v) is 6.80. The van der Waals surface area contributed by atoms with Gasteiger partial charge in [0.1, 0.15) is 0 Å². The zero-order chi connectivity index (χ0) is 21.7. The molecule has 0 saturated heterocycles. The second-order valence-corrected chi connectivity index (χ2v) is 9.11. The lowest BCUT2D eigenvalue weighted by molar-refractivity contribution is 0.0752. The molecule has 0 spiro atoms. The van der Waals surface area contributed by atoms with Crippen molar-refractivity contribution in [2.24, 2.45) is 0 Å². The third-order valence-electron chi connectivity index (χ3n) is 5.02. The Morgan fingerprint density at radius 2 is 1.57 bits per heavy atom. The van der Waals surface area contributed by atoms with Crippen molar-refractivity contribution < 1.29 is 13.2 Å². The normalized spacial score (nSPS) is 11.2. The minimum atomic E-state index is -3.79. The number of aryl methyl sites for hydroxylation is 1. The van der Waals surface area contributed by atoms with Crippen LogP contribution in [0.15, 0.2) is 83.8 Å². The maximum atomic E-state index is 13.1. The van der Waals surface area contributed by atoms with Gasteiger partial charge in [0.2, 0.25) is 0 Å². The lowest BCUT2D eigenvalue weighted by Crippen LogP contribution is -2.31. The number of hydrogen-bond acceptors (Lipinski definition) is 3. The van der Waals surface area contributed by atoms with Gasteiger partial charge in [-0.15, -0.1) is 0 Å². The summed E-state index contributed by atoms with van der Waals surface area (Å²) >= 11 is 0. The smallest absolute Gasteiger partial charge is 0.264 e. The van der Waals surface area contributed by atoms with E-state index in [1.807, 2.05) is 56.3 Å². The van der Waals surface area contributed by atoms with Crippen molar-refractivity contribution in [3.05, 3.63) is 95.6 Å². The Morgan fingerprint density at radius 3 is 2.20 bits per heavy atom. The van der Waals surface area contributed by atoms with E-state index < -0.39 is 10.0 Å². The second-order valence-electron chi connectivity index (χ2n) is 7.14. The minimum Gasteiger partial charge on any atom is -0.335 e. The predicted molar refractivity (Wildman–Crippen MR) is 120 cm³/mol. The molecule has 0 fully saturated rings. The van der Waals surface area contributed by atoms with Gasteiger partial charge >= 0.3 is 0 Å². The van der Waals surface area contributed by atoms with E-state index in [0.717, 1.165) is 11.1 Å². The molecule has 0 heterocycles. The van der Waals surface area contributed by atoms with Crippen molar-refractivity contribution in [2.45, 2.75) is 25.3 Å². The first-order chi connectivity index (χ1) is 14.3. The summed E-state index contributed by atoms with van der Waals surface area (Å²) in [5.41, 5.74) is 2.99. The first-order valence-corrected chi connectivity index (χ1v) is 11.3. The van der Waals surface area contributed by atoms with E-state index in [1.54, 1.807) is 29.2 Å². The maximum Gasteiger partial charge on any atom is 0.264 e. The Labute approximate surface area is 178 Å². The molecule has 0 aromatic heterocycles. The molecule has 6 heteroatoms. The summed E-state index contributed by atoms with van der Waals surface area (Å²) in [5.74, 6) is -0.198. The minimum absolute atomic E-state index is 0.0900. The summed E-state index contributed by atoms with van der Waals surface area (Å²) in [7, 11) is -2.27. The summed E-state index contributed by atoms with van der Waals surface area (Å²) in [5, 5.41) is 0. The van der Waals surface area contributed by atoms with Crippen LogP contribution in [0, 0.1) is 6.92 Å². The van der Waals surface area contributed by atoms with Crippen molar-refractivity contribution in [2.75, 3.05) is 17.9 Å². The van der Waals surface area contributed by atoms with E-state index in [-0.39, 0.29) is 10.8 Å². The molecule has 0 unspecified atom stereocenters. The number of amides is 1. The van der Waals surface area contributed by atoms with Crippen LogP contribution in [0.25, 0.3) is 0 Å². The molecule has 1 amide bonds. The topological polar surface area (TPSA) is 57.7 Å². The van der Waals surface area contributed by atoms with Crippen molar-refractivity contribution in [1.82, 2.24) is 4.90 Å². The standard InChI is InChI=1S/C24H26N2O3S/c1-4-26(18-20-9-6-5-7-10-20)24(27)21-11-8-12-23(17-21)30(28,29)25(3)22-15-13-19(2)14-16-22/h5-17H,4,18H2,1-3H3. The third kappa shape index (κ3) is 4.71. The van der Waals surface area contributed by atoms with Gasteiger partial charge < -0.3 is 4.90 Å². The molecule has 0 bridgehead atoms. The summed E-state index contributed by atoms with van der Waals surface area (Å²) < 4.78 is 27.5. The molecule has 0 aliphatic rings. The van der Waals surface area contributed by atoms with Crippen LogP contribution < -0.4 is 4.31 Å². The zero-order valence-corrected chi connectivity index (χ0v) is 18.3. The average Bonchev–Trinajstić information content (AvgIpc) is 2.78. The summed E-state index contributed by atoms with van der Waals surface area (Å²) in [6.07, 6.45) is 0. The molecule has 0 N–H and O–H groups in total. The number of carbonyl (C=O) groups is 1. The van der Waals surface area contributed by atoms with Gasteiger partial charge in [0.25, 0.3) is 15.9 Å². The van der Waals surface area contributed by atoms with Gasteiger partial charge in [-0.1, -0.05) is 54.1 Å². The molecular weight excluding hydrogens is 396 g/mol. The first kappa shape index (κ1) is 21.6. The molecule has 156 valence electrons. The second kappa shape index (κ2) is 9.13. The molecular formula is C24H26N2O3S. The van der Waals surface area contributed by atoms with Crippen LogP contribution in [-0.4, -0.2) is 32.8 Å². The molecule has 30 heavy (non-hydrogen) atoms. The van der Waals surface area contributed by atoms with Gasteiger partial charge in [0, 0.05) is 25.7 Å². The zero-order valence-electron chi connectivity index (χ0n) is 17.4. The molecule has 3 rings (SSSR count). The fourth-order valence-corrected chi connectivity index (χ4v) is 4.40. The summed E-state index contributed by atoms with van der Waals surface area (Å²) in [6.45, 7) is 4.85. The Bertz CT molecular complexity index is 1110. The van der Waals surface area contributed by atoms with E-state index in [2.05, 4.69) is 0 Å². The van der Waals surface area contributed by atoms with E-state index >= 15 is 0 Å². The van der Waals surface area contributed by atoms with Gasteiger partial charge in [0.15, 0.2) is 0 Å². The van der Waals surface area contributed by atoms with Crippen LogP contribution in [-0.2, 0) is 16.6 Å². The Balaban J connectivity index is 1.87. The van der Waals surface area contributed by atoms with Crippen molar-refractivity contribution in [3.8, 4) is 0 Å². The molecule has 0 saturated carbocycles. The number of carbonyl (C=O) groups excluding carboxylic acids is 1. The van der Waals surface area contributed by atoms with Gasteiger partial charge in [-0.25, -0.2) is 8.42 Å². The molecule has 5 nitrogen and oxygen atoms in total. The summed E-state index contributed by atoms with van der Waals surface area (Å²) in [6, 6.07) is 23.2. The Kier molecular flexibility index (Phi) is 6.57. The van der Waals surface area contributed by atoms with E-state index in [4.69, 9.17) is 0 Å². The molecule has 0 aliphatic heterocycles. The lowest BCUT2D eigenvalue weighted by atomic mass is 10.1. The van der Waals surface area contributed by atoms with Crippen LogP contribution >= 0.6 is 0 Å². The highest BCUT2D eigenvalue weighted by Crippen LogP contribution is 2.23.